The standard InChI is InChI=1S/C11H14/c1-3-7-10(4-2)11-8-5-6-9-11/h3-5,7-9H,6H2,1-2H3/b7-3-,10-4+. The first-order valence-corrected chi connectivity index (χ1v) is 4.04. The minimum atomic E-state index is 1.09. The highest BCUT2D eigenvalue weighted by atomic mass is 14.0. The van der Waals surface area contributed by atoms with Crippen molar-refractivity contribution in [3.05, 3.63) is 47.6 Å². The van der Waals surface area contributed by atoms with Crippen molar-refractivity contribution in [3.63, 3.8) is 0 Å². The molecule has 1 aliphatic rings. The fourth-order valence-electron chi connectivity index (χ4n) is 1.21. The average molecular weight is 146 g/mol. The minimum Gasteiger partial charge on any atom is -0.0871 e. The summed E-state index contributed by atoms with van der Waals surface area (Å²) in [6.45, 7) is 4.12. The van der Waals surface area contributed by atoms with Crippen LogP contribution in [-0.2, 0) is 0 Å². The molecule has 0 aromatic rings. The van der Waals surface area contributed by atoms with Gasteiger partial charge in [0.15, 0.2) is 0 Å². The summed E-state index contributed by atoms with van der Waals surface area (Å²) in [6, 6.07) is 0. The quantitative estimate of drug-likeness (QED) is 0.524. The fourth-order valence-corrected chi connectivity index (χ4v) is 1.21. The lowest BCUT2D eigenvalue weighted by atomic mass is 10.1. The summed E-state index contributed by atoms with van der Waals surface area (Å²) in [5.41, 5.74) is 2.67. The molecule has 0 heterocycles. The number of hydrogen-bond donors (Lipinski definition) is 0. The monoisotopic (exact) mass is 146 g/mol. The Hall–Kier alpha value is -1.04. The van der Waals surface area contributed by atoms with Crippen LogP contribution in [0.15, 0.2) is 47.6 Å². The molecule has 0 heteroatoms. The molecule has 0 aliphatic heterocycles. The summed E-state index contributed by atoms with van der Waals surface area (Å²) < 4.78 is 0. The predicted octanol–water partition coefficient (Wildman–Crippen LogP) is 3.40. The Kier molecular flexibility index (Phi) is 2.91. The zero-order valence-electron chi connectivity index (χ0n) is 7.17. The van der Waals surface area contributed by atoms with E-state index in [4.69, 9.17) is 0 Å². The lowest BCUT2D eigenvalue weighted by Crippen LogP contribution is -1.78. The smallest absolute Gasteiger partial charge is 0.0157 e. The van der Waals surface area contributed by atoms with Crippen LogP contribution >= 0.6 is 0 Å². The van der Waals surface area contributed by atoms with Crippen molar-refractivity contribution in [1.82, 2.24) is 0 Å². The van der Waals surface area contributed by atoms with E-state index >= 15 is 0 Å². The first kappa shape index (κ1) is 8.06. The van der Waals surface area contributed by atoms with Crippen LogP contribution in [0.3, 0.4) is 0 Å². The van der Waals surface area contributed by atoms with E-state index in [-0.39, 0.29) is 0 Å². The molecule has 0 saturated carbocycles. The predicted molar refractivity (Wildman–Crippen MR) is 50.4 cm³/mol. The van der Waals surface area contributed by atoms with Gasteiger partial charge in [-0.15, -0.1) is 0 Å². The van der Waals surface area contributed by atoms with Gasteiger partial charge in [0.2, 0.25) is 0 Å². The highest BCUT2D eigenvalue weighted by Gasteiger charge is 1.99. The zero-order valence-corrected chi connectivity index (χ0v) is 7.17. The van der Waals surface area contributed by atoms with Crippen LogP contribution in [0, 0.1) is 0 Å². The minimum absolute atomic E-state index is 1.09. The lowest BCUT2D eigenvalue weighted by Gasteiger charge is -1.97. The van der Waals surface area contributed by atoms with E-state index in [1.807, 2.05) is 6.92 Å². The molecule has 58 valence electrons. The van der Waals surface area contributed by atoms with Gasteiger partial charge < -0.3 is 0 Å². The van der Waals surface area contributed by atoms with Gasteiger partial charge in [-0.2, -0.15) is 0 Å². The highest BCUT2D eigenvalue weighted by molar-refractivity contribution is 5.48. The molecule has 1 rings (SSSR count). The Morgan fingerprint density at radius 3 is 2.73 bits per heavy atom. The molecule has 0 amide bonds. The van der Waals surface area contributed by atoms with Gasteiger partial charge in [-0.05, 0) is 31.4 Å². The second kappa shape index (κ2) is 3.97. The molecule has 0 fully saturated rings. The third kappa shape index (κ3) is 1.94. The molecule has 0 radical (unpaired) electrons. The maximum absolute atomic E-state index is 2.25. The van der Waals surface area contributed by atoms with Gasteiger partial charge in [0.05, 0.1) is 0 Å². The molecule has 0 unspecified atom stereocenters. The third-order valence-corrected chi connectivity index (χ3v) is 1.76. The second-order valence-corrected chi connectivity index (χ2v) is 2.54. The van der Waals surface area contributed by atoms with E-state index in [2.05, 4.69) is 43.4 Å². The Bertz CT molecular complexity index is 237. The number of rotatable bonds is 2. The maximum Gasteiger partial charge on any atom is -0.0157 e. The van der Waals surface area contributed by atoms with E-state index in [1.165, 1.54) is 11.1 Å². The first-order chi connectivity index (χ1) is 5.38. The molecule has 0 aromatic carbocycles. The molecule has 0 N–H and O–H groups in total. The average Bonchev–Trinajstić information content (AvgIpc) is 2.52. The molecule has 0 atom stereocenters. The summed E-state index contributed by atoms with van der Waals surface area (Å²) in [5, 5.41) is 0. The van der Waals surface area contributed by atoms with Crippen LogP contribution in [0.25, 0.3) is 0 Å². The van der Waals surface area contributed by atoms with Crippen molar-refractivity contribution in [2.45, 2.75) is 20.3 Å². The van der Waals surface area contributed by atoms with Gasteiger partial charge in [-0.3, -0.25) is 0 Å². The van der Waals surface area contributed by atoms with Gasteiger partial charge in [0.25, 0.3) is 0 Å². The van der Waals surface area contributed by atoms with E-state index in [0.29, 0.717) is 0 Å². The summed E-state index contributed by atoms with van der Waals surface area (Å²) >= 11 is 0. The molecular formula is C11H14. The van der Waals surface area contributed by atoms with Crippen molar-refractivity contribution in [1.29, 1.82) is 0 Å². The molecule has 11 heavy (non-hydrogen) atoms. The molecule has 1 aliphatic carbocycles. The summed E-state index contributed by atoms with van der Waals surface area (Å²) in [5.74, 6) is 0. The van der Waals surface area contributed by atoms with Crippen LogP contribution < -0.4 is 0 Å². The van der Waals surface area contributed by atoms with Crippen LogP contribution in [0.4, 0.5) is 0 Å². The first-order valence-electron chi connectivity index (χ1n) is 4.04. The Morgan fingerprint density at radius 1 is 1.45 bits per heavy atom. The Morgan fingerprint density at radius 2 is 2.27 bits per heavy atom. The van der Waals surface area contributed by atoms with E-state index < -0.39 is 0 Å². The summed E-state index contributed by atoms with van der Waals surface area (Å²) in [7, 11) is 0. The normalized spacial score (nSPS) is 18.0. The van der Waals surface area contributed by atoms with Crippen LogP contribution in [-0.4, -0.2) is 0 Å². The van der Waals surface area contributed by atoms with Gasteiger partial charge in [0.1, 0.15) is 0 Å². The molecule has 0 saturated heterocycles. The highest BCUT2D eigenvalue weighted by Crippen LogP contribution is 2.18. The van der Waals surface area contributed by atoms with Crippen molar-refractivity contribution >= 4 is 0 Å². The molecule has 0 spiro atoms. The van der Waals surface area contributed by atoms with E-state index in [9.17, 15) is 0 Å². The fraction of sp³-hybridized carbons (Fsp3) is 0.273. The maximum atomic E-state index is 2.25. The van der Waals surface area contributed by atoms with Gasteiger partial charge >= 0.3 is 0 Å². The topological polar surface area (TPSA) is 0 Å². The molecule has 0 nitrogen and oxygen atoms in total. The summed E-state index contributed by atoms with van der Waals surface area (Å²) in [4.78, 5) is 0. The zero-order chi connectivity index (χ0) is 8.10. The molecule has 0 bridgehead atoms. The Balaban J connectivity index is 2.78. The molecule has 0 aromatic heterocycles. The van der Waals surface area contributed by atoms with Crippen molar-refractivity contribution in [2.24, 2.45) is 0 Å². The second-order valence-electron chi connectivity index (χ2n) is 2.54. The Labute approximate surface area is 68.6 Å². The van der Waals surface area contributed by atoms with Crippen molar-refractivity contribution in [2.75, 3.05) is 0 Å². The number of hydrogen-bond acceptors (Lipinski definition) is 0. The van der Waals surface area contributed by atoms with Crippen molar-refractivity contribution < 1.29 is 0 Å². The lowest BCUT2D eigenvalue weighted by molar-refractivity contribution is 1.42. The van der Waals surface area contributed by atoms with Crippen LogP contribution in [0.2, 0.25) is 0 Å². The summed E-state index contributed by atoms with van der Waals surface area (Å²) in [6.07, 6.45) is 14.0. The SMILES string of the molecule is C/C=C\C(=C/C)C1=CCC=C1. The van der Waals surface area contributed by atoms with Crippen molar-refractivity contribution in [3.8, 4) is 0 Å². The van der Waals surface area contributed by atoms with Crippen LogP contribution in [0.5, 0.6) is 0 Å². The largest absolute Gasteiger partial charge is 0.0871 e. The molecular weight excluding hydrogens is 132 g/mol. The van der Waals surface area contributed by atoms with E-state index in [1.54, 1.807) is 0 Å². The van der Waals surface area contributed by atoms with Gasteiger partial charge in [-0.1, -0.05) is 36.5 Å². The van der Waals surface area contributed by atoms with Gasteiger partial charge in [0, 0.05) is 0 Å². The van der Waals surface area contributed by atoms with Crippen LogP contribution in [0.1, 0.15) is 20.3 Å². The van der Waals surface area contributed by atoms with Gasteiger partial charge in [-0.25, -0.2) is 0 Å². The van der Waals surface area contributed by atoms with E-state index in [0.717, 1.165) is 6.42 Å². The number of allylic oxidation sites excluding steroid dienone is 8. The third-order valence-electron chi connectivity index (χ3n) is 1.76.